The van der Waals surface area contributed by atoms with E-state index in [1.165, 1.54) is 0 Å². The Bertz CT molecular complexity index is 853. The largest absolute Gasteiger partial charge is 0.478 e. The molecular formula is C17H11NO2. The summed E-state index contributed by atoms with van der Waals surface area (Å²) in [4.78, 5) is 14.5. The predicted molar refractivity (Wildman–Crippen MR) is 78.6 cm³/mol. The van der Waals surface area contributed by atoms with E-state index in [2.05, 4.69) is 10.9 Å². The molecule has 2 N–H and O–H groups in total. The van der Waals surface area contributed by atoms with Crippen LogP contribution in [-0.2, 0) is 0 Å². The highest BCUT2D eigenvalue weighted by Gasteiger charge is 2.15. The van der Waals surface area contributed by atoms with Gasteiger partial charge in [0, 0.05) is 22.8 Å². The fraction of sp³-hybridized carbons (Fsp3) is 0. The quantitative estimate of drug-likeness (QED) is 0.693. The van der Waals surface area contributed by atoms with Gasteiger partial charge in [0.25, 0.3) is 0 Å². The summed E-state index contributed by atoms with van der Waals surface area (Å²) in [6.45, 7) is 0. The molecule has 3 aromatic rings. The summed E-state index contributed by atoms with van der Waals surface area (Å²) in [6.07, 6.45) is 7.35. The van der Waals surface area contributed by atoms with E-state index < -0.39 is 5.97 Å². The second-order valence-corrected chi connectivity index (χ2v) is 4.46. The molecule has 3 rings (SSSR count). The molecule has 3 heteroatoms. The lowest BCUT2D eigenvalue weighted by molar-refractivity contribution is 0.0697. The first-order chi connectivity index (χ1) is 9.70. The lowest BCUT2D eigenvalue weighted by Crippen LogP contribution is -2.01. The molecule has 0 saturated carbocycles. The zero-order valence-corrected chi connectivity index (χ0v) is 10.6. The molecule has 1 heterocycles. The average Bonchev–Trinajstić information content (AvgIpc) is 2.93. The summed E-state index contributed by atoms with van der Waals surface area (Å²) in [5.74, 6) is 1.57. The third kappa shape index (κ3) is 1.84. The zero-order valence-electron chi connectivity index (χ0n) is 10.6. The van der Waals surface area contributed by atoms with E-state index in [1.54, 1.807) is 18.2 Å². The van der Waals surface area contributed by atoms with Crippen LogP contribution in [0, 0.1) is 12.3 Å². The summed E-state index contributed by atoms with van der Waals surface area (Å²) in [6, 6.07) is 12.7. The first-order valence-corrected chi connectivity index (χ1v) is 6.11. The summed E-state index contributed by atoms with van der Waals surface area (Å²) in [5, 5.41) is 10.4. The van der Waals surface area contributed by atoms with Crippen LogP contribution in [0.4, 0.5) is 0 Å². The van der Waals surface area contributed by atoms with E-state index in [0.29, 0.717) is 11.1 Å². The number of hydrogen-bond acceptors (Lipinski definition) is 1. The highest BCUT2D eigenvalue weighted by molar-refractivity contribution is 5.99. The number of terminal acetylenes is 1. The number of nitrogens with one attached hydrogen (secondary N) is 1. The molecule has 3 nitrogen and oxygen atoms in total. The first-order valence-electron chi connectivity index (χ1n) is 6.11. The van der Waals surface area contributed by atoms with Gasteiger partial charge in [0.15, 0.2) is 0 Å². The van der Waals surface area contributed by atoms with Crippen LogP contribution in [0.5, 0.6) is 0 Å². The fourth-order valence-corrected chi connectivity index (χ4v) is 2.37. The van der Waals surface area contributed by atoms with Crippen LogP contribution in [0.1, 0.15) is 15.9 Å². The lowest BCUT2D eigenvalue weighted by atomic mass is 9.94. The van der Waals surface area contributed by atoms with Gasteiger partial charge >= 0.3 is 5.97 Å². The topological polar surface area (TPSA) is 53.1 Å². The number of carboxylic acid groups (broad SMARTS) is 1. The number of carboxylic acids is 1. The van der Waals surface area contributed by atoms with E-state index >= 15 is 0 Å². The normalized spacial score (nSPS) is 10.3. The number of aromatic carboxylic acids is 1. The van der Waals surface area contributed by atoms with Crippen LogP contribution in [0.3, 0.4) is 0 Å². The summed E-state index contributed by atoms with van der Waals surface area (Å²) in [7, 11) is 0. The molecule has 0 amide bonds. The molecule has 0 atom stereocenters. The maximum atomic E-state index is 11.4. The molecule has 0 aliphatic heterocycles. The van der Waals surface area contributed by atoms with Gasteiger partial charge < -0.3 is 10.1 Å². The second-order valence-electron chi connectivity index (χ2n) is 4.46. The minimum atomic E-state index is -0.983. The Hall–Kier alpha value is -2.99. The van der Waals surface area contributed by atoms with Crippen molar-refractivity contribution in [2.75, 3.05) is 0 Å². The maximum absolute atomic E-state index is 11.4. The van der Waals surface area contributed by atoms with Gasteiger partial charge in [0.05, 0.1) is 5.56 Å². The molecule has 0 saturated heterocycles. The number of carbonyl (C=O) groups is 1. The number of aromatic nitrogens is 1. The Morgan fingerprint density at radius 1 is 1.20 bits per heavy atom. The van der Waals surface area contributed by atoms with Gasteiger partial charge in [-0.25, -0.2) is 4.79 Å². The van der Waals surface area contributed by atoms with E-state index in [4.69, 9.17) is 6.42 Å². The van der Waals surface area contributed by atoms with Gasteiger partial charge in [-0.05, 0) is 35.2 Å². The van der Waals surface area contributed by atoms with Gasteiger partial charge in [-0.1, -0.05) is 24.1 Å². The molecular weight excluding hydrogens is 250 g/mol. The van der Waals surface area contributed by atoms with Crippen molar-refractivity contribution in [2.24, 2.45) is 0 Å². The summed E-state index contributed by atoms with van der Waals surface area (Å²) < 4.78 is 0. The first kappa shape index (κ1) is 12.1. The van der Waals surface area contributed by atoms with Crippen molar-refractivity contribution in [1.29, 1.82) is 0 Å². The monoisotopic (exact) mass is 261 g/mol. The molecule has 0 fully saturated rings. The van der Waals surface area contributed by atoms with Crippen LogP contribution in [0.25, 0.3) is 22.0 Å². The third-order valence-electron chi connectivity index (χ3n) is 3.29. The van der Waals surface area contributed by atoms with Crippen molar-refractivity contribution in [3.63, 3.8) is 0 Å². The Kier molecular flexibility index (Phi) is 2.77. The van der Waals surface area contributed by atoms with Crippen molar-refractivity contribution < 1.29 is 9.90 Å². The molecule has 0 unspecified atom stereocenters. The van der Waals surface area contributed by atoms with E-state index in [1.807, 2.05) is 30.5 Å². The van der Waals surface area contributed by atoms with Gasteiger partial charge in [-0.2, -0.15) is 0 Å². The molecule has 0 spiro atoms. The molecule has 0 bridgehead atoms. The Morgan fingerprint density at radius 3 is 2.80 bits per heavy atom. The standard InChI is InChI=1S/C17H11NO2/c1-2-11-4-3-5-14(17(19)20)16(11)13-7-6-12-8-9-18-15(12)10-13/h1,3-10,18H,(H,19,20). The number of rotatable bonds is 2. The molecule has 0 aliphatic carbocycles. The molecule has 0 radical (unpaired) electrons. The maximum Gasteiger partial charge on any atom is 0.336 e. The number of benzene rings is 2. The number of hydrogen-bond donors (Lipinski definition) is 2. The molecule has 2 aromatic carbocycles. The molecule has 96 valence electrons. The van der Waals surface area contributed by atoms with Crippen molar-refractivity contribution in [2.45, 2.75) is 0 Å². The Balaban J connectivity index is 2.32. The number of aromatic amines is 1. The average molecular weight is 261 g/mol. The highest BCUT2D eigenvalue weighted by Crippen LogP contribution is 2.30. The summed E-state index contributed by atoms with van der Waals surface area (Å²) >= 11 is 0. The SMILES string of the molecule is C#Cc1cccc(C(=O)O)c1-c1ccc2cc[nH]c2c1. The Labute approximate surface area is 115 Å². The zero-order chi connectivity index (χ0) is 14.1. The molecule has 1 aromatic heterocycles. The van der Waals surface area contributed by atoms with Gasteiger partial charge in [-0.15, -0.1) is 6.42 Å². The number of fused-ring (bicyclic) bond motifs is 1. The number of H-pyrrole nitrogens is 1. The van der Waals surface area contributed by atoms with Gasteiger partial charge in [-0.3, -0.25) is 0 Å². The van der Waals surface area contributed by atoms with E-state index in [9.17, 15) is 9.90 Å². The van der Waals surface area contributed by atoms with Crippen LogP contribution < -0.4 is 0 Å². The minimum absolute atomic E-state index is 0.214. The summed E-state index contributed by atoms with van der Waals surface area (Å²) in [5.41, 5.74) is 3.12. The second kappa shape index (κ2) is 4.60. The molecule has 20 heavy (non-hydrogen) atoms. The fourth-order valence-electron chi connectivity index (χ4n) is 2.37. The van der Waals surface area contributed by atoms with E-state index in [-0.39, 0.29) is 5.56 Å². The van der Waals surface area contributed by atoms with Crippen LogP contribution in [0.15, 0.2) is 48.7 Å². The Morgan fingerprint density at radius 2 is 2.05 bits per heavy atom. The van der Waals surface area contributed by atoms with E-state index in [0.717, 1.165) is 16.5 Å². The van der Waals surface area contributed by atoms with Gasteiger partial charge in [0.2, 0.25) is 0 Å². The lowest BCUT2D eigenvalue weighted by Gasteiger charge is -2.09. The van der Waals surface area contributed by atoms with Crippen LogP contribution in [-0.4, -0.2) is 16.1 Å². The minimum Gasteiger partial charge on any atom is -0.478 e. The van der Waals surface area contributed by atoms with Crippen LogP contribution in [0.2, 0.25) is 0 Å². The van der Waals surface area contributed by atoms with Crippen molar-refractivity contribution in [3.05, 3.63) is 59.8 Å². The van der Waals surface area contributed by atoms with Gasteiger partial charge in [0.1, 0.15) is 0 Å². The molecule has 0 aliphatic rings. The third-order valence-corrected chi connectivity index (χ3v) is 3.29. The smallest absolute Gasteiger partial charge is 0.336 e. The highest BCUT2D eigenvalue weighted by atomic mass is 16.4. The van der Waals surface area contributed by atoms with Crippen molar-refractivity contribution >= 4 is 16.9 Å². The van der Waals surface area contributed by atoms with Crippen molar-refractivity contribution in [1.82, 2.24) is 4.98 Å². The van der Waals surface area contributed by atoms with Crippen molar-refractivity contribution in [3.8, 4) is 23.5 Å². The van der Waals surface area contributed by atoms with Crippen LogP contribution >= 0.6 is 0 Å². The predicted octanol–water partition coefficient (Wildman–Crippen LogP) is 3.51.